The first-order chi connectivity index (χ1) is 16.2. The maximum absolute atomic E-state index is 7.46. The molecule has 4 rings (SSSR count). The summed E-state index contributed by atoms with van der Waals surface area (Å²) in [5, 5.41) is 0. The molecule has 3 aromatic carbocycles. The number of hydrogen-bond acceptors (Lipinski definition) is 4. The fourth-order valence-corrected chi connectivity index (χ4v) is 3.56. The van der Waals surface area contributed by atoms with Crippen LogP contribution < -0.4 is 14.4 Å². The van der Waals surface area contributed by atoms with Crippen molar-refractivity contribution in [2.75, 3.05) is 18.2 Å². The van der Waals surface area contributed by atoms with Crippen LogP contribution in [-0.2, 0) is 11.3 Å². The number of ether oxygens (including phenoxy) is 3. The molecule has 0 aliphatic carbocycles. The van der Waals surface area contributed by atoms with Gasteiger partial charge in [0, 0.05) is 11.8 Å². The van der Waals surface area contributed by atoms with Crippen molar-refractivity contribution in [2.24, 2.45) is 0 Å². The fraction of sp³-hybridized carbons (Fsp3) is 0.185. The zero-order valence-electron chi connectivity index (χ0n) is 18.3. The van der Waals surface area contributed by atoms with Gasteiger partial charge in [-0.05, 0) is 48.9 Å². The Hall–Kier alpha value is -4.26. The third-order valence-electron chi connectivity index (χ3n) is 5.25. The predicted octanol–water partition coefficient (Wildman–Crippen LogP) is 6.29. The largest absolute Gasteiger partial charge is 0.489 e. The summed E-state index contributed by atoms with van der Waals surface area (Å²) in [7, 11) is 0. The van der Waals surface area contributed by atoms with Crippen LogP contribution in [-0.4, -0.2) is 19.4 Å². The average molecular weight is 437 g/mol. The predicted molar refractivity (Wildman–Crippen MR) is 127 cm³/mol. The molecule has 1 unspecified atom stereocenters. The molecule has 0 bridgehead atoms. The second-order valence-corrected chi connectivity index (χ2v) is 7.47. The molecule has 0 radical (unpaired) electrons. The Morgan fingerprint density at radius 3 is 2.42 bits per heavy atom. The molecule has 0 aromatic heterocycles. The van der Waals surface area contributed by atoms with E-state index in [0.717, 1.165) is 22.7 Å². The van der Waals surface area contributed by atoms with Crippen molar-refractivity contribution in [3.05, 3.63) is 119 Å². The van der Waals surface area contributed by atoms with Gasteiger partial charge in [0.05, 0.1) is 25.0 Å². The highest BCUT2D eigenvalue weighted by Crippen LogP contribution is 2.32. The second kappa shape index (κ2) is 10.4. The maximum Gasteiger partial charge on any atom is 0.292 e. The quantitative estimate of drug-likeness (QED) is 0.388. The summed E-state index contributed by atoms with van der Waals surface area (Å²) < 4.78 is 17.5. The Morgan fingerprint density at radius 2 is 1.70 bits per heavy atom. The minimum absolute atomic E-state index is 0.117. The van der Waals surface area contributed by atoms with Crippen LogP contribution in [0.15, 0.2) is 90.3 Å². The number of benzene rings is 3. The van der Waals surface area contributed by atoms with E-state index in [-0.39, 0.29) is 12.8 Å². The summed E-state index contributed by atoms with van der Waals surface area (Å²) in [5.74, 6) is 2.06. The lowest BCUT2D eigenvalue weighted by atomic mass is 10.2. The highest BCUT2D eigenvalue weighted by atomic mass is 16.5. The third kappa shape index (κ3) is 5.33. The molecule has 0 saturated heterocycles. The first kappa shape index (κ1) is 22.0. The molecule has 1 aliphatic heterocycles. The Kier molecular flexibility index (Phi) is 6.90. The minimum atomic E-state index is -0.260. The molecular weight excluding hydrogens is 414 g/mol. The van der Waals surface area contributed by atoms with Crippen LogP contribution in [0, 0.1) is 13.1 Å². The van der Waals surface area contributed by atoms with E-state index in [4.69, 9.17) is 27.4 Å². The number of nitrogens with zero attached hydrogens (tertiary/aromatic N) is 3. The van der Waals surface area contributed by atoms with Gasteiger partial charge < -0.3 is 14.2 Å². The summed E-state index contributed by atoms with van der Waals surface area (Å²) in [6.45, 7) is 17.6. The Balaban J connectivity index is 1.46. The van der Waals surface area contributed by atoms with Gasteiger partial charge in [0.25, 0.3) is 6.67 Å². The average Bonchev–Trinajstić information content (AvgIpc) is 3.23. The normalized spacial score (nSPS) is 14.9. The van der Waals surface area contributed by atoms with Crippen LogP contribution in [0.25, 0.3) is 9.69 Å². The van der Waals surface area contributed by atoms with Crippen molar-refractivity contribution < 1.29 is 14.2 Å². The van der Waals surface area contributed by atoms with Gasteiger partial charge in [-0.15, -0.1) is 0 Å². The van der Waals surface area contributed by atoms with Gasteiger partial charge >= 0.3 is 0 Å². The molecule has 0 spiro atoms. The summed E-state index contributed by atoms with van der Waals surface area (Å²) in [5.41, 5.74) is 3.20. The van der Waals surface area contributed by atoms with Crippen LogP contribution in [0.4, 0.5) is 5.69 Å². The topological polar surface area (TPSA) is 39.7 Å². The van der Waals surface area contributed by atoms with E-state index in [1.807, 2.05) is 90.7 Å². The molecule has 6 nitrogen and oxygen atoms in total. The van der Waals surface area contributed by atoms with Crippen molar-refractivity contribution in [3.8, 4) is 17.2 Å². The molecule has 0 fully saturated rings. The smallest absolute Gasteiger partial charge is 0.292 e. The highest BCUT2D eigenvalue weighted by molar-refractivity contribution is 5.57. The zero-order chi connectivity index (χ0) is 23.0. The number of anilines is 1. The van der Waals surface area contributed by atoms with E-state index in [1.165, 1.54) is 0 Å². The van der Waals surface area contributed by atoms with E-state index in [0.29, 0.717) is 30.4 Å². The number of rotatable bonds is 8. The van der Waals surface area contributed by atoms with E-state index < -0.39 is 0 Å². The first-order valence-corrected chi connectivity index (χ1v) is 10.6. The molecule has 0 amide bonds. The lowest BCUT2D eigenvalue weighted by Gasteiger charge is -2.21. The lowest BCUT2D eigenvalue weighted by Crippen LogP contribution is -2.23. The third-order valence-corrected chi connectivity index (χ3v) is 5.25. The van der Waals surface area contributed by atoms with Crippen LogP contribution in [0.5, 0.6) is 17.2 Å². The standard InChI is InChI=1S/C27H23N3O3/c1-20-27(29-3)26(18-31-20)30(19-28-2)22-12-14-23(15-13-22)33-25-11-7-10-24(16-25)32-17-21-8-5-4-6-9-21/h4-16,20H,17-19H2,1H3. The van der Waals surface area contributed by atoms with E-state index >= 15 is 0 Å². The van der Waals surface area contributed by atoms with Gasteiger partial charge in [0.1, 0.15) is 23.9 Å². The number of hydrogen-bond donors (Lipinski definition) is 0. The van der Waals surface area contributed by atoms with Crippen molar-refractivity contribution in [1.82, 2.24) is 0 Å². The molecular formula is C27H23N3O3. The van der Waals surface area contributed by atoms with Crippen molar-refractivity contribution in [3.63, 3.8) is 0 Å². The van der Waals surface area contributed by atoms with E-state index in [1.54, 1.807) is 0 Å². The molecule has 1 aliphatic rings. The summed E-state index contributed by atoms with van der Waals surface area (Å²) in [6, 6.07) is 25.0. The Morgan fingerprint density at radius 1 is 0.939 bits per heavy atom. The van der Waals surface area contributed by atoms with Crippen LogP contribution in [0.1, 0.15) is 12.5 Å². The second-order valence-electron chi connectivity index (χ2n) is 7.47. The van der Waals surface area contributed by atoms with Crippen LogP contribution >= 0.6 is 0 Å². The molecule has 164 valence electrons. The molecule has 3 aromatic rings. The minimum Gasteiger partial charge on any atom is -0.489 e. The molecule has 0 saturated carbocycles. The first-order valence-electron chi connectivity index (χ1n) is 10.6. The van der Waals surface area contributed by atoms with E-state index in [9.17, 15) is 0 Å². The van der Waals surface area contributed by atoms with Crippen molar-refractivity contribution in [2.45, 2.75) is 19.6 Å². The Bertz CT molecular complexity index is 1210. The summed E-state index contributed by atoms with van der Waals surface area (Å²) in [4.78, 5) is 8.97. The summed E-state index contributed by atoms with van der Waals surface area (Å²) >= 11 is 0. The summed E-state index contributed by atoms with van der Waals surface area (Å²) in [6.07, 6.45) is -0.260. The van der Waals surface area contributed by atoms with Gasteiger partial charge in [-0.1, -0.05) is 36.4 Å². The molecule has 0 N–H and O–H groups in total. The maximum atomic E-state index is 7.46. The van der Waals surface area contributed by atoms with E-state index in [2.05, 4.69) is 9.69 Å². The monoisotopic (exact) mass is 437 g/mol. The van der Waals surface area contributed by atoms with Crippen LogP contribution in [0.2, 0.25) is 0 Å². The van der Waals surface area contributed by atoms with Crippen molar-refractivity contribution >= 4 is 5.69 Å². The molecule has 1 atom stereocenters. The fourth-order valence-electron chi connectivity index (χ4n) is 3.56. The van der Waals surface area contributed by atoms with Gasteiger partial charge in [-0.2, -0.15) is 0 Å². The highest BCUT2D eigenvalue weighted by Gasteiger charge is 2.29. The molecule has 6 heteroatoms. The van der Waals surface area contributed by atoms with Gasteiger partial charge in [-0.3, -0.25) is 9.74 Å². The zero-order valence-corrected chi connectivity index (χ0v) is 18.3. The van der Waals surface area contributed by atoms with Crippen molar-refractivity contribution in [1.29, 1.82) is 0 Å². The van der Waals surface area contributed by atoms with Crippen LogP contribution in [0.3, 0.4) is 0 Å². The van der Waals surface area contributed by atoms with Gasteiger partial charge in [0.15, 0.2) is 0 Å². The Labute approximate surface area is 193 Å². The SMILES string of the molecule is [C-]#[N+]CN(C1=C([N+]#[C-])C(C)OC1)c1ccc(Oc2cccc(OCc3ccccc3)c2)cc1. The van der Waals surface area contributed by atoms with Gasteiger partial charge in [0.2, 0.25) is 5.70 Å². The lowest BCUT2D eigenvalue weighted by molar-refractivity contribution is 0.134. The van der Waals surface area contributed by atoms with Gasteiger partial charge in [-0.25, -0.2) is 11.4 Å². The molecule has 1 heterocycles. The molecule has 33 heavy (non-hydrogen) atoms.